The van der Waals surface area contributed by atoms with Crippen molar-refractivity contribution in [2.75, 3.05) is 26.2 Å². The Bertz CT molecular complexity index is 196. The lowest BCUT2D eigenvalue weighted by Crippen LogP contribution is -2.44. The molecule has 0 aromatic carbocycles. The molecule has 2 atom stereocenters. The maximum Gasteiger partial charge on any atom is 0.320 e. The molecule has 0 radical (unpaired) electrons. The van der Waals surface area contributed by atoms with Gasteiger partial charge in [-0.1, -0.05) is 6.92 Å². The molecule has 1 aliphatic rings. The summed E-state index contributed by atoms with van der Waals surface area (Å²) in [6.45, 7) is 6.16. The average Bonchev–Trinajstić information content (AvgIpc) is 2.12. The number of esters is 1. The summed E-state index contributed by atoms with van der Waals surface area (Å²) in [7, 11) is 0. The first-order chi connectivity index (χ1) is 6.63. The van der Waals surface area contributed by atoms with Gasteiger partial charge in [-0.3, -0.25) is 9.69 Å². The Morgan fingerprint density at radius 2 is 2.36 bits per heavy atom. The predicted molar refractivity (Wildman–Crippen MR) is 52.9 cm³/mol. The van der Waals surface area contributed by atoms with Crippen molar-refractivity contribution in [3.05, 3.63) is 0 Å². The number of hydrogen-bond donors (Lipinski definition) is 1. The van der Waals surface area contributed by atoms with E-state index in [0.29, 0.717) is 13.2 Å². The number of ether oxygens (including phenoxy) is 1. The van der Waals surface area contributed by atoms with Gasteiger partial charge in [0.1, 0.15) is 0 Å². The van der Waals surface area contributed by atoms with Gasteiger partial charge in [0.2, 0.25) is 0 Å². The summed E-state index contributed by atoms with van der Waals surface area (Å²) in [5.41, 5.74) is 0. The van der Waals surface area contributed by atoms with Crippen LogP contribution in [0, 0.1) is 5.92 Å². The van der Waals surface area contributed by atoms with E-state index in [9.17, 15) is 9.90 Å². The van der Waals surface area contributed by atoms with Gasteiger partial charge in [0.15, 0.2) is 0 Å². The van der Waals surface area contributed by atoms with E-state index < -0.39 is 0 Å². The summed E-state index contributed by atoms with van der Waals surface area (Å²) >= 11 is 0. The largest absolute Gasteiger partial charge is 0.465 e. The topological polar surface area (TPSA) is 49.8 Å². The molecule has 0 spiro atoms. The summed E-state index contributed by atoms with van der Waals surface area (Å²) < 4.78 is 4.86. The van der Waals surface area contributed by atoms with Crippen LogP contribution < -0.4 is 0 Å². The molecule has 2 unspecified atom stereocenters. The minimum atomic E-state index is -0.214. The van der Waals surface area contributed by atoms with Crippen molar-refractivity contribution >= 4 is 5.97 Å². The van der Waals surface area contributed by atoms with E-state index in [2.05, 4.69) is 0 Å². The third kappa shape index (κ3) is 3.27. The maximum atomic E-state index is 11.2. The highest BCUT2D eigenvalue weighted by molar-refractivity contribution is 5.71. The molecule has 1 heterocycles. The molecule has 0 aromatic rings. The molecule has 4 heteroatoms. The number of likely N-dealkylation sites (tertiary alicyclic amines) is 1. The standard InChI is InChI=1S/C10H19NO3/c1-3-14-10(13)7-11-5-4-9(12)8(2)6-11/h8-9,12H,3-7H2,1-2H3. The third-order valence-corrected chi connectivity index (χ3v) is 2.60. The summed E-state index contributed by atoms with van der Waals surface area (Å²) in [6, 6.07) is 0. The van der Waals surface area contributed by atoms with Crippen molar-refractivity contribution in [3.63, 3.8) is 0 Å². The van der Waals surface area contributed by atoms with Gasteiger partial charge in [0.05, 0.1) is 19.3 Å². The van der Waals surface area contributed by atoms with Crippen molar-refractivity contribution in [1.82, 2.24) is 4.90 Å². The Morgan fingerprint density at radius 1 is 1.64 bits per heavy atom. The molecule has 1 N–H and O–H groups in total. The highest BCUT2D eigenvalue weighted by atomic mass is 16.5. The van der Waals surface area contributed by atoms with E-state index in [1.165, 1.54) is 0 Å². The van der Waals surface area contributed by atoms with E-state index in [-0.39, 0.29) is 18.0 Å². The molecule has 0 saturated carbocycles. The molecule has 0 amide bonds. The van der Waals surface area contributed by atoms with E-state index in [1.807, 2.05) is 11.8 Å². The molecule has 1 rings (SSSR count). The first-order valence-electron chi connectivity index (χ1n) is 5.19. The minimum Gasteiger partial charge on any atom is -0.465 e. The van der Waals surface area contributed by atoms with Crippen LogP contribution in [0.3, 0.4) is 0 Å². The predicted octanol–water partition coefficient (Wildman–Crippen LogP) is 0.252. The molecule has 0 aliphatic carbocycles. The second-order valence-electron chi connectivity index (χ2n) is 3.87. The highest BCUT2D eigenvalue weighted by Gasteiger charge is 2.25. The first kappa shape index (κ1) is 11.5. The van der Waals surface area contributed by atoms with E-state index in [4.69, 9.17) is 4.74 Å². The van der Waals surface area contributed by atoms with Crippen LogP contribution in [-0.4, -0.2) is 48.3 Å². The SMILES string of the molecule is CCOC(=O)CN1CCC(O)C(C)C1. The smallest absolute Gasteiger partial charge is 0.320 e. The van der Waals surface area contributed by atoms with Crippen molar-refractivity contribution in [2.45, 2.75) is 26.4 Å². The summed E-state index contributed by atoms with van der Waals surface area (Å²) in [4.78, 5) is 13.2. The quantitative estimate of drug-likeness (QED) is 0.665. The van der Waals surface area contributed by atoms with Crippen LogP contribution in [0.4, 0.5) is 0 Å². The van der Waals surface area contributed by atoms with Gasteiger partial charge in [0.25, 0.3) is 0 Å². The Morgan fingerprint density at radius 3 is 2.93 bits per heavy atom. The van der Waals surface area contributed by atoms with Crippen LogP contribution in [0.2, 0.25) is 0 Å². The Labute approximate surface area is 84.8 Å². The maximum absolute atomic E-state index is 11.2. The molecule has 1 fully saturated rings. The lowest BCUT2D eigenvalue weighted by Gasteiger charge is -2.33. The Balaban J connectivity index is 2.29. The van der Waals surface area contributed by atoms with Gasteiger partial charge in [0, 0.05) is 13.1 Å². The lowest BCUT2D eigenvalue weighted by molar-refractivity contribution is -0.145. The molecule has 0 bridgehead atoms. The van der Waals surface area contributed by atoms with E-state index in [0.717, 1.165) is 19.5 Å². The number of piperidine rings is 1. The molecule has 14 heavy (non-hydrogen) atoms. The monoisotopic (exact) mass is 201 g/mol. The van der Waals surface area contributed by atoms with Gasteiger partial charge in [-0.15, -0.1) is 0 Å². The zero-order valence-corrected chi connectivity index (χ0v) is 8.90. The second kappa shape index (κ2) is 5.32. The second-order valence-corrected chi connectivity index (χ2v) is 3.87. The Hall–Kier alpha value is -0.610. The van der Waals surface area contributed by atoms with Crippen LogP contribution in [-0.2, 0) is 9.53 Å². The number of nitrogens with zero attached hydrogens (tertiary/aromatic N) is 1. The van der Waals surface area contributed by atoms with Crippen molar-refractivity contribution in [3.8, 4) is 0 Å². The van der Waals surface area contributed by atoms with Gasteiger partial charge >= 0.3 is 5.97 Å². The minimum absolute atomic E-state index is 0.170. The van der Waals surface area contributed by atoms with Gasteiger partial charge in [-0.05, 0) is 19.3 Å². The van der Waals surface area contributed by atoms with Crippen LogP contribution >= 0.6 is 0 Å². The fourth-order valence-corrected chi connectivity index (χ4v) is 1.75. The number of rotatable bonds is 3. The summed E-state index contributed by atoms with van der Waals surface area (Å²) in [5.74, 6) is 0.0780. The molecule has 1 aliphatic heterocycles. The van der Waals surface area contributed by atoms with Gasteiger partial charge < -0.3 is 9.84 Å². The number of hydrogen-bond acceptors (Lipinski definition) is 4. The first-order valence-corrected chi connectivity index (χ1v) is 5.19. The van der Waals surface area contributed by atoms with Crippen LogP contribution in [0.1, 0.15) is 20.3 Å². The Kier molecular flexibility index (Phi) is 4.35. The van der Waals surface area contributed by atoms with Gasteiger partial charge in [-0.2, -0.15) is 0 Å². The average molecular weight is 201 g/mol. The highest BCUT2D eigenvalue weighted by Crippen LogP contribution is 2.15. The van der Waals surface area contributed by atoms with E-state index in [1.54, 1.807) is 6.92 Å². The zero-order valence-electron chi connectivity index (χ0n) is 8.90. The summed E-state index contributed by atoms with van der Waals surface area (Å²) in [5, 5.41) is 9.49. The van der Waals surface area contributed by atoms with Crippen LogP contribution in [0.5, 0.6) is 0 Å². The molecular weight excluding hydrogens is 182 g/mol. The lowest BCUT2D eigenvalue weighted by atomic mass is 9.97. The number of carbonyl (C=O) groups excluding carboxylic acids is 1. The molecule has 0 aromatic heterocycles. The summed E-state index contributed by atoms with van der Waals surface area (Å²) in [6.07, 6.45) is 0.536. The van der Waals surface area contributed by atoms with Crippen molar-refractivity contribution < 1.29 is 14.6 Å². The molecule has 82 valence electrons. The van der Waals surface area contributed by atoms with Gasteiger partial charge in [-0.25, -0.2) is 0 Å². The fourth-order valence-electron chi connectivity index (χ4n) is 1.75. The molecule has 4 nitrogen and oxygen atoms in total. The van der Waals surface area contributed by atoms with E-state index >= 15 is 0 Å². The normalized spacial score (nSPS) is 28.8. The van der Waals surface area contributed by atoms with Crippen LogP contribution in [0.25, 0.3) is 0 Å². The zero-order chi connectivity index (χ0) is 10.6. The van der Waals surface area contributed by atoms with Crippen molar-refractivity contribution in [2.24, 2.45) is 5.92 Å². The third-order valence-electron chi connectivity index (χ3n) is 2.60. The van der Waals surface area contributed by atoms with Crippen LogP contribution in [0.15, 0.2) is 0 Å². The number of carbonyl (C=O) groups is 1. The number of aliphatic hydroxyl groups excluding tert-OH is 1. The molecular formula is C10H19NO3. The van der Waals surface area contributed by atoms with Crippen molar-refractivity contribution in [1.29, 1.82) is 0 Å². The fraction of sp³-hybridized carbons (Fsp3) is 0.900. The molecule has 1 saturated heterocycles. The number of aliphatic hydroxyl groups is 1.